The number of hydrogen-bond acceptors (Lipinski definition) is 4. The monoisotopic (exact) mass is 256 g/mol. The molecule has 2 heterocycles. The van der Waals surface area contributed by atoms with Crippen LogP contribution in [-0.2, 0) is 0 Å². The number of rotatable bonds is 4. The van der Waals surface area contributed by atoms with E-state index in [0.717, 1.165) is 11.4 Å². The van der Waals surface area contributed by atoms with Crippen molar-refractivity contribution in [2.75, 3.05) is 17.2 Å². The third-order valence-corrected chi connectivity index (χ3v) is 2.55. The van der Waals surface area contributed by atoms with Gasteiger partial charge in [-0.2, -0.15) is 0 Å². The van der Waals surface area contributed by atoms with Gasteiger partial charge in [0.25, 0.3) is 5.91 Å². The Morgan fingerprint density at radius 3 is 2.84 bits per heavy atom. The van der Waals surface area contributed by atoms with E-state index in [1.807, 2.05) is 19.9 Å². The van der Waals surface area contributed by atoms with Crippen LogP contribution in [0.4, 0.5) is 11.5 Å². The molecular formula is C14H16N4O. The Labute approximate surface area is 112 Å². The van der Waals surface area contributed by atoms with Crippen molar-refractivity contribution < 1.29 is 4.79 Å². The molecule has 0 aliphatic rings. The summed E-state index contributed by atoms with van der Waals surface area (Å²) in [6, 6.07) is 7.07. The number of nitrogens with one attached hydrogen (secondary N) is 2. The maximum Gasteiger partial charge on any atom is 0.259 e. The van der Waals surface area contributed by atoms with E-state index in [1.165, 1.54) is 0 Å². The highest BCUT2D eigenvalue weighted by atomic mass is 16.1. The molecule has 0 saturated carbocycles. The molecule has 19 heavy (non-hydrogen) atoms. The van der Waals surface area contributed by atoms with E-state index >= 15 is 0 Å². The van der Waals surface area contributed by atoms with Gasteiger partial charge in [0.2, 0.25) is 0 Å². The summed E-state index contributed by atoms with van der Waals surface area (Å²) in [5.74, 6) is 0.405. The lowest BCUT2D eigenvalue weighted by atomic mass is 10.2. The van der Waals surface area contributed by atoms with Gasteiger partial charge in [-0.15, -0.1) is 0 Å². The van der Waals surface area contributed by atoms with Gasteiger partial charge in [0, 0.05) is 30.3 Å². The van der Waals surface area contributed by atoms with Gasteiger partial charge >= 0.3 is 0 Å². The van der Waals surface area contributed by atoms with Gasteiger partial charge in [-0.3, -0.25) is 9.78 Å². The summed E-state index contributed by atoms with van der Waals surface area (Å²) in [5.41, 5.74) is 2.11. The zero-order valence-electron chi connectivity index (χ0n) is 11.0. The standard InChI is InChI=1S/C14H16N4O/c1-3-15-13-12(5-4-7-17-13)14(19)18-11-6-8-16-10(2)9-11/h4-9H,3H2,1-2H3,(H,15,17)(H,16,18,19). The fourth-order valence-electron chi connectivity index (χ4n) is 1.72. The zero-order chi connectivity index (χ0) is 13.7. The van der Waals surface area contributed by atoms with Crippen LogP contribution in [0.3, 0.4) is 0 Å². The number of aryl methyl sites for hydroxylation is 1. The van der Waals surface area contributed by atoms with Crippen molar-refractivity contribution in [3.05, 3.63) is 47.9 Å². The van der Waals surface area contributed by atoms with Gasteiger partial charge in [-0.1, -0.05) is 0 Å². The van der Waals surface area contributed by atoms with E-state index in [9.17, 15) is 4.79 Å². The number of aromatic nitrogens is 2. The molecule has 0 bridgehead atoms. The lowest BCUT2D eigenvalue weighted by Gasteiger charge is -2.10. The highest BCUT2D eigenvalue weighted by molar-refractivity contribution is 6.07. The van der Waals surface area contributed by atoms with Crippen LogP contribution in [0, 0.1) is 6.92 Å². The fourth-order valence-corrected chi connectivity index (χ4v) is 1.72. The van der Waals surface area contributed by atoms with Crippen molar-refractivity contribution in [1.29, 1.82) is 0 Å². The Bertz CT molecular complexity index is 583. The zero-order valence-corrected chi connectivity index (χ0v) is 11.0. The SMILES string of the molecule is CCNc1ncccc1C(=O)Nc1ccnc(C)c1. The Kier molecular flexibility index (Phi) is 4.07. The Morgan fingerprint density at radius 1 is 1.26 bits per heavy atom. The number of hydrogen-bond donors (Lipinski definition) is 2. The third kappa shape index (κ3) is 3.28. The van der Waals surface area contributed by atoms with Crippen LogP contribution in [-0.4, -0.2) is 22.4 Å². The Balaban J connectivity index is 2.20. The molecule has 1 amide bonds. The largest absolute Gasteiger partial charge is 0.370 e. The van der Waals surface area contributed by atoms with E-state index in [2.05, 4.69) is 20.6 Å². The molecule has 5 heteroatoms. The normalized spacial score (nSPS) is 10.0. The first kappa shape index (κ1) is 13.0. The van der Waals surface area contributed by atoms with Crippen molar-refractivity contribution in [3.8, 4) is 0 Å². The van der Waals surface area contributed by atoms with E-state index in [4.69, 9.17) is 0 Å². The first-order valence-electron chi connectivity index (χ1n) is 6.13. The summed E-state index contributed by atoms with van der Waals surface area (Å²) >= 11 is 0. The summed E-state index contributed by atoms with van der Waals surface area (Å²) in [4.78, 5) is 20.5. The van der Waals surface area contributed by atoms with Crippen LogP contribution in [0.25, 0.3) is 0 Å². The molecule has 0 radical (unpaired) electrons. The van der Waals surface area contributed by atoms with E-state index < -0.39 is 0 Å². The minimum absolute atomic E-state index is 0.186. The predicted octanol–water partition coefficient (Wildman–Crippen LogP) is 2.47. The Hall–Kier alpha value is -2.43. The fraction of sp³-hybridized carbons (Fsp3) is 0.214. The minimum Gasteiger partial charge on any atom is -0.370 e. The van der Waals surface area contributed by atoms with Gasteiger partial charge in [0.05, 0.1) is 5.56 Å². The molecule has 0 spiro atoms. The smallest absolute Gasteiger partial charge is 0.259 e. The van der Waals surface area contributed by atoms with Crippen molar-refractivity contribution in [1.82, 2.24) is 9.97 Å². The predicted molar refractivity (Wildman–Crippen MR) is 75.3 cm³/mol. The van der Waals surface area contributed by atoms with Crippen LogP contribution < -0.4 is 10.6 Å². The highest BCUT2D eigenvalue weighted by Gasteiger charge is 2.11. The quantitative estimate of drug-likeness (QED) is 0.881. The van der Waals surface area contributed by atoms with E-state index in [0.29, 0.717) is 17.9 Å². The number of carbonyl (C=O) groups excluding carboxylic acids is 1. The number of pyridine rings is 2. The van der Waals surface area contributed by atoms with Crippen molar-refractivity contribution in [3.63, 3.8) is 0 Å². The van der Waals surface area contributed by atoms with Crippen molar-refractivity contribution in [2.45, 2.75) is 13.8 Å². The van der Waals surface area contributed by atoms with Gasteiger partial charge in [0.1, 0.15) is 5.82 Å². The second-order valence-corrected chi connectivity index (χ2v) is 4.07. The molecule has 0 fully saturated rings. The molecule has 2 aromatic rings. The molecule has 0 atom stereocenters. The van der Waals surface area contributed by atoms with Crippen LogP contribution in [0.5, 0.6) is 0 Å². The van der Waals surface area contributed by atoms with Gasteiger partial charge < -0.3 is 10.6 Å². The molecule has 0 saturated heterocycles. The first-order chi connectivity index (χ1) is 9.20. The molecule has 0 unspecified atom stereocenters. The second kappa shape index (κ2) is 5.95. The second-order valence-electron chi connectivity index (χ2n) is 4.07. The molecule has 2 N–H and O–H groups in total. The van der Waals surface area contributed by atoms with Crippen molar-refractivity contribution in [2.24, 2.45) is 0 Å². The first-order valence-corrected chi connectivity index (χ1v) is 6.13. The topological polar surface area (TPSA) is 66.9 Å². The highest BCUT2D eigenvalue weighted by Crippen LogP contribution is 2.14. The maximum atomic E-state index is 12.2. The summed E-state index contributed by atoms with van der Waals surface area (Å²) in [6.45, 7) is 4.55. The average Bonchev–Trinajstić information content (AvgIpc) is 2.39. The number of anilines is 2. The van der Waals surface area contributed by atoms with E-state index in [1.54, 1.807) is 30.6 Å². The molecule has 0 aromatic carbocycles. The van der Waals surface area contributed by atoms with Crippen LogP contribution in [0.15, 0.2) is 36.7 Å². The third-order valence-electron chi connectivity index (χ3n) is 2.55. The molecule has 98 valence electrons. The van der Waals surface area contributed by atoms with Crippen LogP contribution >= 0.6 is 0 Å². The lowest BCUT2D eigenvalue weighted by Crippen LogP contribution is -2.15. The number of nitrogens with zero attached hydrogens (tertiary/aromatic N) is 2. The molecule has 2 aromatic heterocycles. The summed E-state index contributed by atoms with van der Waals surface area (Å²) < 4.78 is 0. The minimum atomic E-state index is -0.186. The van der Waals surface area contributed by atoms with Crippen molar-refractivity contribution >= 4 is 17.4 Å². The summed E-state index contributed by atoms with van der Waals surface area (Å²) in [5, 5.41) is 5.91. The van der Waals surface area contributed by atoms with Gasteiger partial charge in [0.15, 0.2) is 0 Å². The molecule has 5 nitrogen and oxygen atoms in total. The van der Waals surface area contributed by atoms with Crippen LogP contribution in [0.2, 0.25) is 0 Å². The lowest BCUT2D eigenvalue weighted by molar-refractivity contribution is 0.102. The average molecular weight is 256 g/mol. The van der Waals surface area contributed by atoms with Gasteiger partial charge in [-0.05, 0) is 38.1 Å². The molecule has 0 aliphatic carbocycles. The van der Waals surface area contributed by atoms with E-state index in [-0.39, 0.29) is 5.91 Å². The number of carbonyl (C=O) groups is 1. The molecular weight excluding hydrogens is 240 g/mol. The van der Waals surface area contributed by atoms with Crippen LogP contribution in [0.1, 0.15) is 23.0 Å². The number of amides is 1. The Morgan fingerprint density at radius 2 is 2.11 bits per heavy atom. The molecule has 2 rings (SSSR count). The summed E-state index contributed by atoms with van der Waals surface area (Å²) in [7, 11) is 0. The molecule has 0 aliphatic heterocycles. The summed E-state index contributed by atoms with van der Waals surface area (Å²) in [6.07, 6.45) is 3.32. The maximum absolute atomic E-state index is 12.2. The van der Waals surface area contributed by atoms with Gasteiger partial charge in [-0.25, -0.2) is 4.98 Å².